The maximum atomic E-state index is 3.79. The maximum Gasteiger partial charge on any atom is 0.0407 e. The Balaban J connectivity index is 3.99. The van der Waals surface area contributed by atoms with Crippen molar-refractivity contribution in [3.8, 4) is 0 Å². The average molecular weight is 472 g/mol. The third-order valence-electron chi connectivity index (χ3n) is 2.39. The van der Waals surface area contributed by atoms with Gasteiger partial charge in [-0.05, 0) is 12.8 Å². The van der Waals surface area contributed by atoms with Gasteiger partial charge in [-0.2, -0.15) is 0 Å². The normalized spacial score (nSPS) is 19.6. The number of hydrogen-bond acceptors (Lipinski definition) is 0. The van der Waals surface area contributed by atoms with Gasteiger partial charge >= 0.3 is 0 Å². The molecule has 0 aliphatic rings. The van der Waals surface area contributed by atoms with Crippen LogP contribution in [0.1, 0.15) is 46.0 Å². The first-order valence-corrected chi connectivity index (χ1v) is 9.27. The molecule has 0 bridgehead atoms. The Kier molecular flexibility index (Phi) is 11.2. The van der Waals surface area contributed by atoms with E-state index in [9.17, 15) is 0 Å². The second-order valence-electron chi connectivity index (χ2n) is 3.85. The molecule has 0 heterocycles. The molecule has 0 radical (unpaired) electrons. The Labute approximate surface area is 128 Å². The predicted octanol–water partition coefficient (Wildman–Crippen LogP) is 6.03. The number of rotatable bonds is 8. The lowest BCUT2D eigenvalue weighted by Gasteiger charge is -2.25. The first-order chi connectivity index (χ1) is 7.04. The molecule has 0 aliphatic carbocycles. The maximum absolute atomic E-state index is 3.79. The zero-order valence-electron chi connectivity index (χ0n) is 9.36. The molecule has 0 aromatic rings. The van der Waals surface area contributed by atoms with E-state index in [1.807, 2.05) is 0 Å². The van der Waals surface area contributed by atoms with Crippen molar-refractivity contribution in [3.05, 3.63) is 0 Å². The summed E-state index contributed by atoms with van der Waals surface area (Å²) in [6.45, 7) is 4.46. The van der Waals surface area contributed by atoms with Crippen LogP contribution in [0.15, 0.2) is 0 Å². The Bertz CT molecular complexity index is 152. The molecule has 0 aliphatic heterocycles. The molecule has 0 nitrogen and oxygen atoms in total. The van der Waals surface area contributed by atoms with Gasteiger partial charge in [-0.1, -0.05) is 96.8 Å². The summed E-state index contributed by atoms with van der Waals surface area (Å²) >= 11 is 15.1. The Morgan fingerprint density at radius 3 is 1.60 bits per heavy atom. The number of unbranched alkanes of at least 4 members (excludes halogenated alkanes) is 1. The van der Waals surface area contributed by atoms with Crippen LogP contribution in [-0.4, -0.2) is 19.3 Å². The van der Waals surface area contributed by atoms with Crippen LogP contribution < -0.4 is 0 Å². The minimum atomic E-state index is 0.485. The van der Waals surface area contributed by atoms with Crippen molar-refractivity contribution in [2.45, 2.75) is 65.3 Å². The highest BCUT2D eigenvalue weighted by atomic mass is 79.9. The number of halogens is 4. The lowest BCUT2D eigenvalue weighted by Crippen LogP contribution is -2.31. The summed E-state index contributed by atoms with van der Waals surface area (Å²) in [6.07, 6.45) is 6.23. The highest BCUT2D eigenvalue weighted by Crippen LogP contribution is 2.32. The molecule has 0 fully saturated rings. The zero-order valence-corrected chi connectivity index (χ0v) is 15.7. The van der Waals surface area contributed by atoms with Crippen molar-refractivity contribution >= 4 is 63.7 Å². The van der Waals surface area contributed by atoms with Gasteiger partial charge in [0.2, 0.25) is 0 Å². The van der Waals surface area contributed by atoms with Crippen LogP contribution in [0.25, 0.3) is 0 Å². The van der Waals surface area contributed by atoms with E-state index in [1.165, 1.54) is 32.1 Å². The van der Waals surface area contributed by atoms with Crippen LogP contribution in [0.4, 0.5) is 0 Å². The molecule has 0 saturated heterocycles. The van der Waals surface area contributed by atoms with E-state index in [1.54, 1.807) is 0 Å². The third-order valence-corrected chi connectivity index (χ3v) is 8.99. The molecular weight excluding hydrogens is 452 g/mol. The number of alkyl halides is 4. The first-order valence-electron chi connectivity index (χ1n) is 5.60. The van der Waals surface area contributed by atoms with E-state index in [4.69, 9.17) is 0 Å². The molecular formula is C11H20Br4. The summed E-state index contributed by atoms with van der Waals surface area (Å²) in [6, 6.07) is 0. The molecule has 0 rings (SSSR count). The van der Waals surface area contributed by atoms with E-state index in [0.717, 1.165) is 0 Å². The summed E-state index contributed by atoms with van der Waals surface area (Å²) in [5.74, 6) is 0. The molecule has 0 aromatic heterocycles. The zero-order chi connectivity index (χ0) is 11.8. The molecule has 4 heteroatoms. The second-order valence-corrected chi connectivity index (χ2v) is 8.32. The second kappa shape index (κ2) is 9.90. The van der Waals surface area contributed by atoms with Gasteiger partial charge in [-0.25, -0.2) is 0 Å². The topological polar surface area (TPSA) is 0 Å². The van der Waals surface area contributed by atoms with Crippen molar-refractivity contribution in [1.82, 2.24) is 0 Å². The summed E-state index contributed by atoms with van der Waals surface area (Å²) in [4.78, 5) is 2.07. The van der Waals surface area contributed by atoms with Gasteiger partial charge in [0.15, 0.2) is 0 Å². The minimum Gasteiger partial charge on any atom is -0.0878 e. The lowest BCUT2D eigenvalue weighted by molar-refractivity contribution is 0.632. The average Bonchev–Trinajstić information content (AvgIpc) is 2.24. The van der Waals surface area contributed by atoms with Gasteiger partial charge in [0.05, 0.1) is 0 Å². The first kappa shape index (κ1) is 16.9. The van der Waals surface area contributed by atoms with Gasteiger partial charge in [0, 0.05) is 19.3 Å². The molecule has 0 aromatic carbocycles. The predicted molar refractivity (Wildman–Crippen MR) is 85.3 cm³/mol. The van der Waals surface area contributed by atoms with Crippen molar-refractivity contribution in [1.29, 1.82) is 0 Å². The fraction of sp³-hybridized carbons (Fsp3) is 1.00. The van der Waals surface area contributed by atoms with Gasteiger partial charge in [-0.15, -0.1) is 0 Å². The smallest absolute Gasteiger partial charge is 0.0407 e. The van der Waals surface area contributed by atoms with Crippen molar-refractivity contribution < 1.29 is 0 Å². The molecule has 0 N–H and O–H groups in total. The lowest BCUT2D eigenvalue weighted by atomic mass is 10.1. The SMILES string of the molecule is CCCCC(Br)C(Br)C(Br)C(Br)CCC. The molecule has 0 spiro atoms. The largest absolute Gasteiger partial charge is 0.0878 e. The Morgan fingerprint density at radius 2 is 1.20 bits per heavy atom. The molecule has 0 saturated carbocycles. The van der Waals surface area contributed by atoms with E-state index in [2.05, 4.69) is 77.6 Å². The molecule has 92 valence electrons. The molecule has 15 heavy (non-hydrogen) atoms. The summed E-state index contributed by atoms with van der Waals surface area (Å²) in [5.41, 5.74) is 0. The highest BCUT2D eigenvalue weighted by Gasteiger charge is 2.27. The monoisotopic (exact) mass is 468 g/mol. The van der Waals surface area contributed by atoms with Crippen LogP contribution in [0.3, 0.4) is 0 Å². The number of hydrogen-bond donors (Lipinski definition) is 0. The van der Waals surface area contributed by atoms with Crippen molar-refractivity contribution in [3.63, 3.8) is 0 Å². The van der Waals surface area contributed by atoms with E-state index >= 15 is 0 Å². The van der Waals surface area contributed by atoms with Crippen molar-refractivity contribution in [2.75, 3.05) is 0 Å². The van der Waals surface area contributed by atoms with Crippen LogP contribution in [-0.2, 0) is 0 Å². The van der Waals surface area contributed by atoms with Crippen molar-refractivity contribution in [2.24, 2.45) is 0 Å². The molecule has 0 amide bonds. The summed E-state index contributed by atoms with van der Waals surface area (Å²) < 4.78 is 0. The van der Waals surface area contributed by atoms with E-state index in [-0.39, 0.29) is 0 Å². The summed E-state index contributed by atoms with van der Waals surface area (Å²) in [5, 5.41) is 0. The Morgan fingerprint density at radius 1 is 0.733 bits per heavy atom. The highest BCUT2D eigenvalue weighted by molar-refractivity contribution is 9.14. The standard InChI is InChI=1S/C11H20Br4/c1-3-5-7-9(13)11(15)10(14)8(12)6-4-2/h8-11H,3-7H2,1-2H3. The van der Waals surface area contributed by atoms with Crippen LogP contribution in [0.2, 0.25) is 0 Å². The van der Waals surface area contributed by atoms with Crippen LogP contribution >= 0.6 is 63.7 Å². The Hall–Kier alpha value is 1.92. The third kappa shape index (κ3) is 7.05. The van der Waals surface area contributed by atoms with E-state index < -0.39 is 0 Å². The quantitative estimate of drug-likeness (QED) is 0.379. The molecule has 4 unspecified atom stereocenters. The van der Waals surface area contributed by atoms with E-state index in [0.29, 0.717) is 19.3 Å². The van der Waals surface area contributed by atoms with Gasteiger partial charge in [0.1, 0.15) is 0 Å². The van der Waals surface area contributed by atoms with Gasteiger partial charge in [0.25, 0.3) is 0 Å². The fourth-order valence-corrected chi connectivity index (χ4v) is 4.92. The van der Waals surface area contributed by atoms with Gasteiger partial charge < -0.3 is 0 Å². The summed E-state index contributed by atoms with van der Waals surface area (Å²) in [7, 11) is 0. The van der Waals surface area contributed by atoms with Crippen LogP contribution in [0, 0.1) is 0 Å². The van der Waals surface area contributed by atoms with Crippen LogP contribution in [0.5, 0.6) is 0 Å². The molecule has 4 atom stereocenters. The van der Waals surface area contributed by atoms with Gasteiger partial charge in [-0.3, -0.25) is 0 Å². The fourth-order valence-electron chi connectivity index (χ4n) is 1.39. The minimum absolute atomic E-state index is 0.485.